The van der Waals surface area contributed by atoms with Gasteiger partial charge in [-0.2, -0.15) is 0 Å². The molecule has 1 heterocycles. The van der Waals surface area contributed by atoms with Crippen LogP contribution in [0.3, 0.4) is 0 Å². The number of benzene rings is 1. The van der Waals surface area contributed by atoms with Gasteiger partial charge in [-0.25, -0.2) is 4.79 Å². The molecule has 2 rings (SSSR count). The number of amides is 1. The summed E-state index contributed by atoms with van der Waals surface area (Å²) in [6.07, 6.45) is 1.73. The van der Waals surface area contributed by atoms with E-state index < -0.39 is 0 Å². The van der Waals surface area contributed by atoms with Crippen LogP contribution in [0.25, 0.3) is 0 Å². The van der Waals surface area contributed by atoms with E-state index in [0.717, 1.165) is 29.5 Å². The van der Waals surface area contributed by atoms with Crippen molar-refractivity contribution in [3.8, 4) is 0 Å². The molecule has 1 aromatic carbocycles. The normalized spacial score (nSPS) is 14.3. The van der Waals surface area contributed by atoms with E-state index in [-0.39, 0.29) is 42.6 Å². The van der Waals surface area contributed by atoms with Crippen LogP contribution in [-0.2, 0) is 9.53 Å². The van der Waals surface area contributed by atoms with Crippen LogP contribution < -0.4 is 10.6 Å². The summed E-state index contributed by atoms with van der Waals surface area (Å²) in [6.45, 7) is 1.77. The molecule has 1 amide bonds. The van der Waals surface area contributed by atoms with Crippen molar-refractivity contribution in [3.05, 3.63) is 27.3 Å². The fourth-order valence-corrected chi connectivity index (χ4v) is 2.93. The molecule has 0 radical (unpaired) electrons. The van der Waals surface area contributed by atoms with Crippen molar-refractivity contribution < 1.29 is 14.3 Å². The van der Waals surface area contributed by atoms with Crippen molar-refractivity contribution in [2.24, 2.45) is 5.92 Å². The monoisotopic (exact) mass is 460 g/mol. The molecule has 0 atom stereocenters. The zero-order valence-electron chi connectivity index (χ0n) is 12.1. The van der Waals surface area contributed by atoms with Gasteiger partial charge in [-0.1, -0.05) is 0 Å². The maximum Gasteiger partial charge on any atom is 0.338 e. The van der Waals surface area contributed by atoms with Crippen molar-refractivity contribution in [1.82, 2.24) is 5.32 Å². The van der Waals surface area contributed by atoms with Gasteiger partial charge in [0.1, 0.15) is 0 Å². The van der Waals surface area contributed by atoms with E-state index in [0.29, 0.717) is 11.3 Å². The highest BCUT2D eigenvalue weighted by molar-refractivity contribution is 14.1. The number of rotatable bonds is 3. The van der Waals surface area contributed by atoms with Crippen molar-refractivity contribution in [3.63, 3.8) is 0 Å². The SMILES string of the molecule is COC(=O)c1ccc(NC(=O)C2CCNCC2)cc1I.Cl.Cl. The number of hydrogen-bond acceptors (Lipinski definition) is 4. The van der Waals surface area contributed by atoms with Gasteiger partial charge in [0.15, 0.2) is 0 Å². The van der Waals surface area contributed by atoms with Crippen LogP contribution in [-0.4, -0.2) is 32.1 Å². The van der Waals surface area contributed by atoms with E-state index in [1.807, 2.05) is 0 Å². The number of halogens is 3. The van der Waals surface area contributed by atoms with Crippen molar-refractivity contribution >= 4 is 65.0 Å². The summed E-state index contributed by atoms with van der Waals surface area (Å²) in [5.41, 5.74) is 1.22. The van der Waals surface area contributed by atoms with Gasteiger partial charge < -0.3 is 15.4 Å². The van der Waals surface area contributed by atoms with E-state index in [2.05, 4.69) is 33.2 Å². The Morgan fingerprint density at radius 1 is 1.27 bits per heavy atom. The second kappa shape index (κ2) is 10.3. The van der Waals surface area contributed by atoms with E-state index >= 15 is 0 Å². The van der Waals surface area contributed by atoms with Crippen LogP contribution >= 0.6 is 47.4 Å². The first-order valence-corrected chi connectivity index (χ1v) is 7.59. The molecule has 8 heteroatoms. The Labute approximate surface area is 155 Å². The van der Waals surface area contributed by atoms with Gasteiger partial charge in [0.25, 0.3) is 0 Å². The zero-order chi connectivity index (χ0) is 14.5. The summed E-state index contributed by atoms with van der Waals surface area (Å²) in [4.78, 5) is 23.6. The number of anilines is 1. The molecule has 0 spiro atoms. The highest BCUT2D eigenvalue weighted by atomic mass is 127. The number of ether oxygens (including phenoxy) is 1. The molecule has 124 valence electrons. The fourth-order valence-electron chi connectivity index (χ4n) is 2.20. The Morgan fingerprint density at radius 3 is 2.45 bits per heavy atom. The van der Waals surface area contributed by atoms with E-state index in [9.17, 15) is 9.59 Å². The van der Waals surface area contributed by atoms with Crippen LogP contribution in [0.4, 0.5) is 5.69 Å². The summed E-state index contributed by atoms with van der Waals surface area (Å²) in [7, 11) is 1.35. The number of hydrogen-bond donors (Lipinski definition) is 2. The highest BCUT2D eigenvalue weighted by Crippen LogP contribution is 2.20. The molecular formula is C14H19Cl2IN2O3. The van der Waals surface area contributed by atoms with Gasteiger partial charge >= 0.3 is 5.97 Å². The number of methoxy groups -OCH3 is 1. The Kier molecular flexibility index (Phi) is 9.99. The standard InChI is InChI=1S/C14H17IN2O3.2ClH/c1-20-14(19)11-3-2-10(8-12(11)15)17-13(18)9-4-6-16-7-5-9;;/h2-3,8-9,16H,4-7H2,1H3,(H,17,18);2*1H. The van der Waals surface area contributed by atoms with Gasteiger partial charge in [0, 0.05) is 15.2 Å². The third-order valence-corrected chi connectivity index (χ3v) is 4.24. The number of carbonyl (C=O) groups excluding carboxylic acids is 2. The lowest BCUT2D eigenvalue weighted by molar-refractivity contribution is -0.120. The topological polar surface area (TPSA) is 67.4 Å². The van der Waals surface area contributed by atoms with Gasteiger partial charge in [0.05, 0.1) is 12.7 Å². The molecule has 2 N–H and O–H groups in total. The fraction of sp³-hybridized carbons (Fsp3) is 0.429. The third-order valence-electron chi connectivity index (χ3n) is 3.35. The third kappa shape index (κ3) is 5.57. The largest absolute Gasteiger partial charge is 0.465 e. The summed E-state index contributed by atoms with van der Waals surface area (Å²) >= 11 is 2.06. The minimum atomic E-state index is -0.370. The Bertz CT molecular complexity index is 523. The van der Waals surface area contributed by atoms with Crippen molar-refractivity contribution in [1.29, 1.82) is 0 Å². The van der Waals surface area contributed by atoms with Gasteiger partial charge in [-0.05, 0) is 66.7 Å². The maximum atomic E-state index is 12.1. The minimum Gasteiger partial charge on any atom is -0.465 e. The first kappa shape index (κ1) is 21.4. The van der Waals surface area contributed by atoms with Crippen molar-refractivity contribution in [2.75, 3.05) is 25.5 Å². The summed E-state index contributed by atoms with van der Waals surface area (Å²) in [5.74, 6) is -0.257. The van der Waals surface area contributed by atoms with Gasteiger partial charge in [-0.3, -0.25) is 4.79 Å². The molecule has 0 bridgehead atoms. The molecule has 0 saturated carbocycles. The van der Waals surface area contributed by atoms with Crippen LogP contribution in [0.15, 0.2) is 18.2 Å². The lowest BCUT2D eigenvalue weighted by Gasteiger charge is -2.21. The van der Waals surface area contributed by atoms with E-state index in [4.69, 9.17) is 4.74 Å². The molecule has 1 aromatic rings. The highest BCUT2D eigenvalue weighted by Gasteiger charge is 2.21. The Morgan fingerprint density at radius 2 is 1.91 bits per heavy atom. The van der Waals surface area contributed by atoms with Gasteiger partial charge in [-0.15, -0.1) is 24.8 Å². The second-order valence-corrected chi connectivity index (χ2v) is 5.86. The lowest BCUT2D eigenvalue weighted by atomic mass is 9.97. The first-order valence-electron chi connectivity index (χ1n) is 6.51. The van der Waals surface area contributed by atoms with Crippen LogP contribution in [0.5, 0.6) is 0 Å². The zero-order valence-corrected chi connectivity index (χ0v) is 15.8. The molecular weight excluding hydrogens is 442 g/mol. The number of piperidine rings is 1. The lowest BCUT2D eigenvalue weighted by Crippen LogP contribution is -2.34. The molecule has 22 heavy (non-hydrogen) atoms. The average molecular weight is 461 g/mol. The molecule has 0 aliphatic carbocycles. The molecule has 1 fully saturated rings. The molecule has 0 unspecified atom stereocenters. The molecule has 1 aliphatic rings. The molecule has 1 saturated heterocycles. The van der Waals surface area contributed by atoms with Crippen LogP contribution in [0, 0.1) is 9.49 Å². The van der Waals surface area contributed by atoms with Crippen molar-refractivity contribution in [2.45, 2.75) is 12.8 Å². The van der Waals surface area contributed by atoms with Crippen LogP contribution in [0.2, 0.25) is 0 Å². The number of carbonyl (C=O) groups is 2. The van der Waals surface area contributed by atoms with Gasteiger partial charge in [0.2, 0.25) is 5.91 Å². The first-order chi connectivity index (χ1) is 9.61. The second-order valence-electron chi connectivity index (χ2n) is 4.70. The summed E-state index contributed by atoms with van der Waals surface area (Å²) in [5, 5.41) is 6.15. The quantitative estimate of drug-likeness (QED) is 0.537. The maximum absolute atomic E-state index is 12.1. The Hall–Kier alpha value is -0.570. The van der Waals surface area contributed by atoms with E-state index in [1.165, 1.54) is 7.11 Å². The smallest absolute Gasteiger partial charge is 0.338 e. The predicted octanol–water partition coefficient (Wildman–Crippen LogP) is 2.86. The minimum absolute atomic E-state index is 0. The summed E-state index contributed by atoms with van der Waals surface area (Å²) in [6, 6.07) is 5.19. The average Bonchev–Trinajstić information content (AvgIpc) is 2.47. The predicted molar refractivity (Wildman–Crippen MR) is 99.2 cm³/mol. The molecule has 0 aromatic heterocycles. The molecule has 1 aliphatic heterocycles. The Balaban J connectivity index is 0.00000220. The van der Waals surface area contributed by atoms with Crippen LogP contribution in [0.1, 0.15) is 23.2 Å². The number of esters is 1. The summed E-state index contributed by atoms with van der Waals surface area (Å²) < 4.78 is 5.46. The number of nitrogens with one attached hydrogen (secondary N) is 2. The van der Waals surface area contributed by atoms with E-state index in [1.54, 1.807) is 18.2 Å². The molecule has 5 nitrogen and oxygen atoms in total.